The molecule has 2 nitrogen and oxygen atoms in total. The van der Waals surface area contributed by atoms with Crippen LogP contribution in [0.25, 0.3) is 11.3 Å². The maximum absolute atomic E-state index is 12.6. The molecular weight excluding hydrogens is 231 g/mol. The molecule has 0 N–H and O–H groups in total. The van der Waals surface area contributed by atoms with E-state index in [1.807, 2.05) is 0 Å². The van der Waals surface area contributed by atoms with Gasteiger partial charge in [-0.2, -0.15) is 18.4 Å². The lowest BCUT2D eigenvalue weighted by molar-refractivity contribution is -0.138. The maximum atomic E-state index is 12.6. The number of nitrogens with zero attached hydrogens (tertiary/aromatic N) is 1. The van der Waals surface area contributed by atoms with Crippen molar-refractivity contribution in [2.75, 3.05) is 0 Å². The fourth-order valence-electron chi connectivity index (χ4n) is 1.48. The molecule has 2 rings (SSSR count). The Morgan fingerprint density at radius 3 is 2.29 bits per heavy atom. The van der Waals surface area contributed by atoms with Crippen LogP contribution in [0.3, 0.4) is 0 Å². The summed E-state index contributed by atoms with van der Waals surface area (Å²) in [4.78, 5) is 0. The molecule has 1 aromatic carbocycles. The predicted octanol–water partition coefficient (Wildman–Crippen LogP) is 3.84. The molecule has 0 saturated heterocycles. The van der Waals surface area contributed by atoms with Gasteiger partial charge in [0.1, 0.15) is 23.5 Å². The number of rotatable bonds is 1. The highest BCUT2D eigenvalue weighted by atomic mass is 19.4. The van der Waals surface area contributed by atoms with Crippen LogP contribution in [-0.4, -0.2) is 0 Å². The molecule has 17 heavy (non-hydrogen) atoms. The molecule has 0 aliphatic carbocycles. The van der Waals surface area contributed by atoms with Crippen molar-refractivity contribution in [3.8, 4) is 17.4 Å². The largest absolute Gasteiger partial charge is 0.462 e. The molecule has 0 saturated carbocycles. The zero-order valence-corrected chi connectivity index (χ0v) is 8.45. The van der Waals surface area contributed by atoms with E-state index in [9.17, 15) is 13.2 Å². The standard InChI is InChI=1S/C12H6F3NO/c13-12(14,15)10-7-17-11(9(10)6-16)8-4-2-1-3-5-8/h1-5,7H. The molecular formula is C12H6F3NO. The van der Waals surface area contributed by atoms with Gasteiger partial charge in [0.25, 0.3) is 0 Å². The van der Waals surface area contributed by atoms with Crippen molar-refractivity contribution in [1.29, 1.82) is 5.26 Å². The number of halogens is 3. The molecule has 0 aliphatic heterocycles. The summed E-state index contributed by atoms with van der Waals surface area (Å²) in [5.41, 5.74) is -1.08. The lowest BCUT2D eigenvalue weighted by atomic mass is 10.1. The van der Waals surface area contributed by atoms with Crippen molar-refractivity contribution in [1.82, 2.24) is 0 Å². The van der Waals surface area contributed by atoms with Gasteiger partial charge >= 0.3 is 6.18 Å². The van der Waals surface area contributed by atoms with Gasteiger partial charge in [-0.05, 0) is 0 Å². The van der Waals surface area contributed by atoms with Gasteiger partial charge < -0.3 is 4.42 Å². The van der Waals surface area contributed by atoms with Gasteiger partial charge in [-0.1, -0.05) is 30.3 Å². The van der Waals surface area contributed by atoms with Crippen LogP contribution in [-0.2, 0) is 6.18 Å². The highest BCUT2D eigenvalue weighted by Gasteiger charge is 2.37. The van der Waals surface area contributed by atoms with E-state index in [2.05, 4.69) is 0 Å². The number of nitriles is 1. The first-order valence-corrected chi connectivity index (χ1v) is 4.68. The third-order valence-electron chi connectivity index (χ3n) is 2.24. The molecule has 0 atom stereocenters. The van der Waals surface area contributed by atoms with E-state index < -0.39 is 17.3 Å². The van der Waals surface area contributed by atoms with Crippen LogP contribution in [0.5, 0.6) is 0 Å². The molecule has 0 aliphatic rings. The lowest BCUT2D eigenvalue weighted by Crippen LogP contribution is -2.05. The summed E-state index contributed by atoms with van der Waals surface area (Å²) in [6.07, 6.45) is -4.01. The minimum Gasteiger partial charge on any atom is -0.462 e. The third kappa shape index (κ3) is 2.02. The van der Waals surface area contributed by atoms with E-state index in [0.29, 0.717) is 11.8 Å². The molecule has 0 unspecified atom stereocenters. The number of alkyl halides is 3. The molecule has 5 heteroatoms. The Morgan fingerprint density at radius 2 is 1.76 bits per heavy atom. The Morgan fingerprint density at radius 1 is 1.12 bits per heavy atom. The summed E-state index contributed by atoms with van der Waals surface area (Å²) in [6, 6.07) is 9.75. The second-order valence-electron chi connectivity index (χ2n) is 3.33. The van der Waals surface area contributed by atoms with Gasteiger partial charge in [-0.15, -0.1) is 0 Å². The number of hydrogen-bond donors (Lipinski definition) is 0. The molecule has 1 heterocycles. The summed E-state index contributed by atoms with van der Waals surface area (Å²) in [5.74, 6) is -0.0552. The van der Waals surface area contributed by atoms with Crippen molar-refractivity contribution in [3.05, 3.63) is 47.7 Å². The fraction of sp³-hybridized carbons (Fsp3) is 0.0833. The van der Waals surface area contributed by atoms with E-state index in [0.717, 1.165) is 0 Å². The first-order valence-electron chi connectivity index (χ1n) is 4.68. The fourth-order valence-corrected chi connectivity index (χ4v) is 1.48. The second-order valence-corrected chi connectivity index (χ2v) is 3.33. The molecule has 0 radical (unpaired) electrons. The molecule has 1 aromatic heterocycles. The van der Waals surface area contributed by atoms with E-state index in [1.54, 1.807) is 30.3 Å². The normalized spacial score (nSPS) is 11.2. The third-order valence-corrected chi connectivity index (χ3v) is 2.24. The van der Waals surface area contributed by atoms with Crippen LogP contribution in [0.15, 0.2) is 41.0 Å². The molecule has 86 valence electrons. The van der Waals surface area contributed by atoms with Gasteiger partial charge in [0.05, 0.1) is 0 Å². The summed E-state index contributed by atoms with van der Waals surface area (Å²) in [6.45, 7) is 0. The number of hydrogen-bond acceptors (Lipinski definition) is 2. The second kappa shape index (κ2) is 3.98. The topological polar surface area (TPSA) is 36.9 Å². The van der Waals surface area contributed by atoms with Crippen LogP contribution in [0.2, 0.25) is 0 Å². The maximum Gasteiger partial charge on any atom is 0.420 e. The van der Waals surface area contributed by atoms with Gasteiger partial charge in [-0.25, -0.2) is 0 Å². The van der Waals surface area contributed by atoms with Gasteiger partial charge in [-0.3, -0.25) is 0 Å². The molecule has 0 fully saturated rings. The van der Waals surface area contributed by atoms with Gasteiger partial charge in [0, 0.05) is 5.56 Å². The first-order chi connectivity index (χ1) is 8.04. The van der Waals surface area contributed by atoms with Gasteiger partial charge in [0.2, 0.25) is 0 Å². The highest BCUT2D eigenvalue weighted by molar-refractivity contribution is 5.67. The van der Waals surface area contributed by atoms with E-state index in [1.165, 1.54) is 6.07 Å². The van der Waals surface area contributed by atoms with Crippen LogP contribution in [0.1, 0.15) is 11.1 Å². The van der Waals surface area contributed by atoms with E-state index in [-0.39, 0.29) is 5.76 Å². The summed E-state index contributed by atoms with van der Waals surface area (Å²) < 4.78 is 42.5. The van der Waals surface area contributed by atoms with Crippen LogP contribution in [0.4, 0.5) is 13.2 Å². The van der Waals surface area contributed by atoms with Crippen molar-refractivity contribution < 1.29 is 17.6 Å². The average molecular weight is 237 g/mol. The van der Waals surface area contributed by atoms with E-state index in [4.69, 9.17) is 9.68 Å². The highest BCUT2D eigenvalue weighted by Crippen LogP contribution is 2.37. The minimum atomic E-state index is -4.58. The monoisotopic (exact) mass is 237 g/mol. The number of benzene rings is 1. The number of furan rings is 1. The van der Waals surface area contributed by atoms with Crippen LogP contribution in [0, 0.1) is 11.3 Å². The molecule has 0 bridgehead atoms. The molecule has 0 spiro atoms. The summed E-state index contributed by atoms with van der Waals surface area (Å²) in [7, 11) is 0. The van der Waals surface area contributed by atoms with Crippen molar-refractivity contribution in [2.45, 2.75) is 6.18 Å². The van der Waals surface area contributed by atoms with Crippen molar-refractivity contribution in [2.24, 2.45) is 0 Å². The van der Waals surface area contributed by atoms with Crippen molar-refractivity contribution >= 4 is 0 Å². The lowest BCUT2D eigenvalue weighted by Gasteiger charge is -2.02. The van der Waals surface area contributed by atoms with Crippen molar-refractivity contribution in [3.63, 3.8) is 0 Å². The zero-order valence-electron chi connectivity index (χ0n) is 8.45. The smallest absolute Gasteiger partial charge is 0.420 e. The Labute approximate surface area is 94.9 Å². The Bertz CT molecular complexity index is 564. The van der Waals surface area contributed by atoms with Crippen LogP contribution < -0.4 is 0 Å². The summed E-state index contributed by atoms with van der Waals surface area (Å²) in [5, 5.41) is 8.80. The molecule has 2 aromatic rings. The SMILES string of the molecule is N#Cc1c(C(F)(F)F)coc1-c1ccccc1. The van der Waals surface area contributed by atoms with Gasteiger partial charge in [0.15, 0.2) is 5.76 Å². The minimum absolute atomic E-state index is 0.0552. The first kappa shape index (κ1) is 11.3. The average Bonchev–Trinajstić information content (AvgIpc) is 2.73. The Kier molecular flexibility index (Phi) is 2.64. The Balaban J connectivity index is 2.60. The van der Waals surface area contributed by atoms with E-state index >= 15 is 0 Å². The predicted molar refractivity (Wildman–Crippen MR) is 53.9 cm³/mol. The van der Waals surface area contributed by atoms with Crippen LogP contribution >= 0.6 is 0 Å². The summed E-state index contributed by atoms with van der Waals surface area (Å²) >= 11 is 0. The molecule has 0 amide bonds. The zero-order chi connectivity index (χ0) is 12.5. The Hall–Kier alpha value is -2.22. The quantitative estimate of drug-likeness (QED) is 0.755.